The maximum Gasteiger partial charge on any atom is 0.286 e. The van der Waals surface area contributed by atoms with E-state index in [1.54, 1.807) is 24.3 Å². The molecule has 0 unspecified atom stereocenters. The molecule has 0 bridgehead atoms. The van der Waals surface area contributed by atoms with E-state index in [2.05, 4.69) is 9.71 Å². The Kier molecular flexibility index (Phi) is 2.94. The van der Waals surface area contributed by atoms with Crippen LogP contribution in [0.3, 0.4) is 0 Å². The minimum atomic E-state index is -3.53. The third kappa shape index (κ3) is 2.22. The van der Waals surface area contributed by atoms with Gasteiger partial charge in [0.25, 0.3) is 10.0 Å². The fraction of sp³-hybridized carbons (Fsp3) is 0.300. The van der Waals surface area contributed by atoms with Crippen molar-refractivity contribution in [1.29, 1.82) is 0 Å². The monoisotopic (exact) mass is 256 g/mol. The van der Waals surface area contributed by atoms with Gasteiger partial charge in [-0.25, -0.2) is 0 Å². The Hall–Kier alpha value is -1.01. The van der Waals surface area contributed by atoms with Crippen LogP contribution in [0, 0.1) is 0 Å². The summed E-state index contributed by atoms with van der Waals surface area (Å²) in [5, 5.41) is 3.74. The summed E-state index contributed by atoms with van der Waals surface area (Å²) >= 11 is 1.40. The van der Waals surface area contributed by atoms with Gasteiger partial charge in [-0.15, -0.1) is 4.40 Å². The largest absolute Gasteiger partial charge is 0.333 e. The lowest BCUT2D eigenvalue weighted by molar-refractivity contribution is 0.598. The highest BCUT2D eigenvalue weighted by molar-refractivity contribution is 8.15. The molecule has 1 aliphatic heterocycles. The van der Waals surface area contributed by atoms with Crippen LogP contribution in [-0.2, 0) is 10.0 Å². The second-order valence-corrected chi connectivity index (χ2v) is 6.80. The van der Waals surface area contributed by atoms with E-state index in [9.17, 15) is 8.42 Å². The van der Waals surface area contributed by atoms with Crippen molar-refractivity contribution in [3.8, 4) is 0 Å². The molecular weight excluding hydrogens is 244 g/mol. The Morgan fingerprint density at radius 2 is 2.00 bits per heavy atom. The molecule has 86 valence electrons. The first-order chi connectivity index (χ1) is 7.49. The zero-order chi connectivity index (χ0) is 11.8. The summed E-state index contributed by atoms with van der Waals surface area (Å²) in [6.07, 6.45) is 0. The highest BCUT2D eigenvalue weighted by atomic mass is 32.2. The summed E-state index contributed by atoms with van der Waals surface area (Å²) in [5.41, 5.74) is 0.598. The standard InChI is InChI=1S/C10H12N2O2S2/c1-7(2)15-10-11-8-5-3-4-6-9(8)16(13,14)12-10/h3-7H,1-2H3,(H,11,12). The first kappa shape index (κ1) is 11.5. The van der Waals surface area contributed by atoms with Crippen LogP contribution >= 0.6 is 11.8 Å². The lowest BCUT2D eigenvalue weighted by atomic mass is 10.3. The molecular formula is C10H12N2O2S2. The third-order valence-electron chi connectivity index (χ3n) is 1.96. The average molecular weight is 256 g/mol. The summed E-state index contributed by atoms with van der Waals surface area (Å²) < 4.78 is 27.4. The molecule has 0 saturated carbocycles. The molecule has 0 fully saturated rings. The van der Waals surface area contributed by atoms with Gasteiger partial charge >= 0.3 is 0 Å². The van der Waals surface area contributed by atoms with E-state index in [0.717, 1.165) is 0 Å². The Morgan fingerprint density at radius 3 is 2.69 bits per heavy atom. The van der Waals surface area contributed by atoms with Crippen molar-refractivity contribution in [3.05, 3.63) is 24.3 Å². The maximum absolute atomic E-state index is 11.8. The lowest BCUT2D eigenvalue weighted by Crippen LogP contribution is -2.20. The molecule has 0 saturated heterocycles. The van der Waals surface area contributed by atoms with Gasteiger partial charge in [0.1, 0.15) is 4.90 Å². The van der Waals surface area contributed by atoms with Crippen LogP contribution in [0.4, 0.5) is 5.69 Å². The van der Waals surface area contributed by atoms with Crippen molar-refractivity contribution in [1.82, 2.24) is 0 Å². The number of hydrogen-bond acceptors (Lipinski definition) is 4. The summed E-state index contributed by atoms with van der Waals surface area (Å²) in [6, 6.07) is 6.78. The van der Waals surface area contributed by atoms with E-state index < -0.39 is 10.0 Å². The predicted octanol–water partition coefficient (Wildman–Crippen LogP) is 2.30. The summed E-state index contributed by atoms with van der Waals surface area (Å²) in [7, 11) is -3.53. The average Bonchev–Trinajstić information content (AvgIpc) is 2.15. The number of nitrogens with one attached hydrogen (secondary N) is 1. The minimum absolute atomic E-state index is 0.239. The van der Waals surface area contributed by atoms with Crippen LogP contribution < -0.4 is 5.32 Å². The van der Waals surface area contributed by atoms with Gasteiger partial charge in [0, 0.05) is 5.25 Å². The number of fused-ring (bicyclic) bond motifs is 1. The Balaban J connectivity index is 2.44. The van der Waals surface area contributed by atoms with E-state index in [1.807, 2.05) is 13.8 Å². The molecule has 0 aliphatic carbocycles. The van der Waals surface area contributed by atoms with Crippen LogP contribution in [0.5, 0.6) is 0 Å². The highest BCUT2D eigenvalue weighted by Crippen LogP contribution is 2.29. The number of hydrogen-bond donors (Lipinski definition) is 1. The van der Waals surface area contributed by atoms with E-state index in [0.29, 0.717) is 10.9 Å². The number of para-hydroxylation sites is 1. The molecule has 2 rings (SSSR count). The number of sulfonamides is 1. The first-order valence-electron chi connectivity index (χ1n) is 4.87. The van der Waals surface area contributed by atoms with E-state index in [1.165, 1.54) is 11.8 Å². The molecule has 1 aromatic rings. The second-order valence-electron chi connectivity index (χ2n) is 3.66. The van der Waals surface area contributed by atoms with E-state index >= 15 is 0 Å². The Morgan fingerprint density at radius 1 is 1.31 bits per heavy atom. The number of thioether (sulfide) groups is 1. The summed E-state index contributed by atoms with van der Waals surface area (Å²) in [5.74, 6) is 0. The first-order valence-corrected chi connectivity index (χ1v) is 7.19. The molecule has 1 aliphatic rings. The van der Waals surface area contributed by atoms with Crippen LogP contribution in [0.25, 0.3) is 0 Å². The van der Waals surface area contributed by atoms with Gasteiger partial charge in [0.15, 0.2) is 5.17 Å². The summed E-state index contributed by atoms with van der Waals surface area (Å²) in [4.78, 5) is 0.239. The molecule has 16 heavy (non-hydrogen) atoms. The molecule has 1 N–H and O–H groups in total. The molecule has 0 amide bonds. The van der Waals surface area contributed by atoms with Crippen LogP contribution in [0.1, 0.15) is 13.8 Å². The van der Waals surface area contributed by atoms with Crippen LogP contribution in [-0.4, -0.2) is 18.8 Å². The number of benzene rings is 1. The molecule has 1 heterocycles. The molecule has 0 aromatic heterocycles. The molecule has 0 atom stereocenters. The van der Waals surface area contributed by atoms with Gasteiger partial charge in [-0.05, 0) is 12.1 Å². The molecule has 4 nitrogen and oxygen atoms in total. The lowest BCUT2D eigenvalue weighted by Gasteiger charge is -2.18. The fourth-order valence-electron chi connectivity index (χ4n) is 1.37. The zero-order valence-corrected chi connectivity index (χ0v) is 10.6. The molecule has 6 heteroatoms. The quantitative estimate of drug-likeness (QED) is 0.837. The van der Waals surface area contributed by atoms with Crippen molar-refractivity contribution in [2.45, 2.75) is 24.0 Å². The fourth-order valence-corrected chi connectivity index (χ4v) is 3.46. The van der Waals surface area contributed by atoms with Crippen molar-refractivity contribution in [2.75, 3.05) is 5.32 Å². The van der Waals surface area contributed by atoms with Crippen LogP contribution in [0.2, 0.25) is 0 Å². The predicted molar refractivity (Wildman–Crippen MR) is 67.4 cm³/mol. The number of nitrogens with zero attached hydrogens (tertiary/aromatic N) is 1. The molecule has 1 aromatic carbocycles. The van der Waals surface area contributed by atoms with Crippen molar-refractivity contribution in [3.63, 3.8) is 0 Å². The van der Waals surface area contributed by atoms with E-state index in [4.69, 9.17) is 0 Å². The zero-order valence-electron chi connectivity index (χ0n) is 8.97. The van der Waals surface area contributed by atoms with Gasteiger partial charge < -0.3 is 5.32 Å². The minimum Gasteiger partial charge on any atom is -0.333 e. The van der Waals surface area contributed by atoms with Gasteiger partial charge in [-0.3, -0.25) is 0 Å². The highest BCUT2D eigenvalue weighted by Gasteiger charge is 2.24. The van der Waals surface area contributed by atoms with Crippen molar-refractivity contribution < 1.29 is 8.42 Å². The second kappa shape index (κ2) is 4.10. The Labute approximate surface area is 99.2 Å². The van der Waals surface area contributed by atoms with Crippen molar-refractivity contribution in [2.24, 2.45) is 4.40 Å². The molecule has 0 radical (unpaired) electrons. The SMILES string of the molecule is CC(C)SC1=NS(=O)(=O)c2ccccc2N1. The van der Waals surface area contributed by atoms with E-state index in [-0.39, 0.29) is 10.1 Å². The van der Waals surface area contributed by atoms with Gasteiger partial charge in [0.2, 0.25) is 0 Å². The number of anilines is 1. The number of amidine groups is 1. The van der Waals surface area contributed by atoms with Crippen molar-refractivity contribution >= 4 is 32.6 Å². The maximum atomic E-state index is 11.8. The van der Waals surface area contributed by atoms with Gasteiger partial charge in [-0.1, -0.05) is 37.7 Å². The smallest absolute Gasteiger partial charge is 0.286 e. The normalized spacial score (nSPS) is 17.6. The molecule has 0 spiro atoms. The third-order valence-corrected chi connectivity index (χ3v) is 4.30. The topological polar surface area (TPSA) is 58.5 Å². The summed E-state index contributed by atoms with van der Waals surface area (Å²) in [6.45, 7) is 3.98. The van der Waals surface area contributed by atoms with Gasteiger partial charge in [0.05, 0.1) is 5.69 Å². The number of rotatable bonds is 1. The Bertz CT molecular complexity index is 536. The van der Waals surface area contributed by atoms with Gasteiger partial charge in [-0.2, -0.15) is 8.42 Å². The van der Waals surface area contributed by atoms with Crippen LogP contribution in [0.15, 0.2) is 33.6 Å².